The molecule has 1 aromatic heterocycles. The third kappa shape index (κ3) is 4.52. The standard InChI is InChI=1S/C13H23N2.BrH/c1-5-15(6-2)13-7-9-14(10-8-13)11-12(3)4;/h7-10,12H,5-6,11H2,1-4H3;1H/q+1;/p-1. The van der Waals surface area contributed by atoms with E-state index in [4.69, 9.17) is 0 Å². The normalized spacial score (nSPS) is 10.1. The van der Waals surface area contributed by atoms with Crippen LogP contribution in [0.1, 0.15) is 27.7 Å². The van der Waals surface area contributed by atoms with Crippen molar-refractivity contribution >= 4 is 5.69 Å². The van der Waals surface area contributed by atoms with Gasteiger partial charge in [0.15, 0.2) is 18.9 Å². The molecule has 2 nitrogen and oxygen atoms in total. The van der Waals surface area contributed by atoms with E-state index >= 15 is 0 Å². The number of hydrogen-bond acceptors (Lipinski definition) is 1. The number of anilines is 1. The van der Waals surface area contributed by atoms with E-state index in [9.17, 15) is 0 Å². The van der Waals surface area contributed by atoms with E-state index in [1.165, 1.54) is 5.69 Å². The fourth-order valence-corrected chi connectivity index (χ4v) is 1.79. The molecule has 0 aliphatic carbocycles. The van der Waals surface area contributed by atoms with Crippen LogP contribution in [0.2, 0.25) is 0 Å². The van der Waals surface area contributed by atoms with Crippen LogP contribution in [0, 0.1) is 5.92 Å². The molecule has 0 unspecified atom stereocenters. The van der Waals surface area contributed by atoms with Gasteiger partial charge in [-0.15, -0.1) is 0 Å². The summed E-state index contributed by atoms with van der Waals surface area (Å²) in [5.41, 5.74) is 1.32. The third-order valence-corrected chi connectivity index (χ3v) is 2.58. The van der Waals surface area contributed by atoms with E-state index in [1.54, 1.807) is 0 Å². The zero-order valence-corrected chi connectivity index (χ0v) is 12.4. The van der Waals surface area contributed by atoms with E-state index in [1.807, 2.05) is 0 Å². The summed E-state index contributed by atoms with van der Waals surface area (Å²) in [4.78, 5) is 2.36. The van der Waals surface area contributed by atoms with Crippen LogP contribution in [0.3, 0.4) is 0 Å². The van der Waals surface area contributed by atoms with E-state index in [-0.39, 0.29) is 17.0 Å². The molecule has 3 heteroatoms. The Hall–Kier alpha value is -0.570. The molecule has 92 valence electrons. The van der Waals surface area contributed by atoms with Crippen molar-refractivity contribution in [2.45, 2.75) is 34.2 Å². The summed E-state index contributed by atoms with van der Waals surface area (Å²) in [5, 5.41) is 0. The lowest BCUT2D eigenvalue weighted by Crippen LogP contribution is -3.00. The number of pyridine rings is 1. The van der Waals surface area contributed by atoms with Crippen LogP contribution in [0.5, 0.6) is 0 Å². The lowest BCUT2D eigenvalue weighted by Gasteiger charge is -2.19. The first-order valence-electron chi connectivity index (χ1n) is 5.91. The molecule has 16 heavy (non-hydrogen) atoms. The molecule has 0 aliphatic rings. The van der Waals surface area contributed by atoms with E-state index < -0.39 is 0 Å². The molecule has 0 amide bonds. The Morgan fingerprint density at radius 2 is 1.62 bits per heavy atom. The summed E-state index contributed by atoms with van der Waals surface area (Å²) in [6, 6.07) is 4.41. The van der Waals surface area contributed by atoms with Crippen LogP contribution in [0.4, 0.5) is 5.69 Å². The Labute approximate surface area is 110 Å². The summed E-state index contributed by atoms with van der Waals surface area (Å²) < 4.78 is 2.25. The average molecular weight is 287 g/mol. The average Bonchev–Trinajstić information content (AvgIpc) is 2.21. The van der Waals surface area contributed by atoms with Crippen LogP contribution >= 0.6 is 0 Å². The van der Waals surface area contributed by atoms with Crippen LogP contribution < -0.4 is 26.4 Å². The van der Waals surface area contributed by atoms with Gasteiger partial charge < -0.3 is 21.9 Å². The minimum Gasteiger partial charge on any atom is -1.00 e. The van der Waals surface area contributed by atoms with Crippen molar-refractivity contribution in [3.8, 4) is 0 Å². The molecule has 0 aliphatic heterocycles. The van der Waals surface area contributed by atoms with Crippen LogP contribution in [0.25, 0.3) is 0 Å². The van der Waals surface area contributed by atoms with Crippen molar-refractivity contribution in [3.63, 3.8) is 0 Å². The molecule has 0 bridgehead atoms. The van der Waals surface area contributed by atoms with Crippen molar-refractivity contribution in [2.24, 2.45) is 5.92 Å². The lowest BCUT2D eigenvalue weighted by atomic mass is 10.2. The Morgan fingerprint density at radius 1 is 1.12 bits per heavy atom. The quantitative estimate of drug-likeness (QED) is 0.661. The zero-order chi connectivity index (χ0) is 11.3. The Balaban J connectivity index is 0.00000225. The van der Waals surface area contributed by atoms with Gasteiger partial charge in [0, 0.05) is 36.8 Å². The second-order valence-corrected chi connectivity index (χ2v) is 4.32. The fourth-order valence-electron chi connectivity index (χ4n) is 1.79. The third-order valence-electron chi connectivity index (χ3n) is 2.58. The maximum atomic E-state index is 2.36. The highest BCUT2D eigenvalue weighted by molar-refractivity contribution is 5.43. The maximum Gasteiger partial charge on any atom is 0.170 e. The molecule has 0 aromatic carbocycles. The first-order valence-corrected chi connectivity index (χ1v) is 5.91. The second-order valence-electron chi connectivity index (χ2n) is 4.32. The zero-order valence-electron chi connectivity index (χ0n) is 10.8. The summed E-state index contributed by atoms with van der Waals surface area (Å²) >= 11 is 0. The van der Waals surface area contributed by atoms with Crippen LogP contribution in [-0.2, 0) is 6.54 Å². The van der Waals surface area contributed by atoms with Gasteiger partial charge in [-0.1, -0.05) is 13.8 Å². The molecule has 0 atom stereocenters. The molecule has 1 aromatic rings. The second kappa shape index (κ2) is 7.66. The Bertz CT molecular complexity index is 278. The molecule has 0 N–H and O–H groups in total. The molecule has 0 radical (unpaired) electrons. The minimum absolute atomic E-state index is 0. The molecule has 0 fully saturated rings. The molecular formula is C13H23BrN2. The molecule has 1 rings (SSSR count). The topological polar surface area (TPSA) is 7.12 Å². The van der Waals surface area contributed by atoms with E-state index in [0.29, 0.717) is 5.92 Å². The predicted molar refractivity (Wildman–Crippen MR) is 65.0 cm³/mol. The SMILES string of the molecule is CCN(CC)c1cc[n+](CC(C)C)cc1.[Br-]. The summed E-state index contributed by atoms with van der Waals surface area (Å²) in [6.07, 6.45) is 4.35. The number of hydrogen-bond donors (Lipinski definition) is 0. The predicted octanol–water partition coefficient (Wildman–Crippen LogP) is -0.520. The number of nitrogens with zero attached hydrogens (tertiary/aromatic N) is 2. The first kappa shape index (κ1) is 15.4. The monoisotopic (exact) mass is 286 g/mol. The Kier molecular flexibility index (Phi) is 7.39. The van der Waals surface area contributed by atoms with Gasteiger partial charge in [-0.2, -0.15) is 0 Å². The summed E-state index contributed by atoms with van der Waals surface area (Å²) in [5.74, 6) is 0.703. The van der Waals surface area contributed by atoms with Gasteiger partial charge in [0.25, 0.3) is 0 Å². The maximum absolute atomic E-state index is 2.36. The largest absolute Gasteiger partial charge is 1.00 e. The highest BCUT2D eigenvalue weighted by Crippen LogP contribution is 2.10. The number of halogens is 1. The smallest absolute Gasteiger partial charge is 0.170 e. The van der Waals surface area contributed by atoms with Crippen molar-refractivity contribution in [2.75, 3.05) is 18.0 Å². The number of rotatable bonds is 5. The van der Waals surface area contributed by atoms with Crippen molar-refractivity contribution in [3.05, 3.63) is 24.5 Å². The summed E-state index contributed by atoms with van der Waals surface area (Å²) in [6.45, 7) is 12.1. The van der Waals surface area contributed by atoms with Gasteiger partial charge in [0.1, 0.15) is 0 Å². The lowest BCUT2D eigenvalue weighted by molar-refractivity contribution is -0.702. The van der Waals surface area contributed by atoms with Crippen molar-refractivity contribution in [1.82, 2.24) is 0 Å². The number of aromatic nitrogens is 1. The van der Waals surface area contributed by atoms with Crippen LogP contribution in [-0.4, -0.2) is 13.1 Å². The van der Waals surface area contributed by atoms with Gasteiger partial charge in [0.05, 0.1) is 0 Å². The first-order chi connectivity index (χ1) is 7.17. The van der Waals surface area contributed by atoms with E-state index in [2.05, 4.69) is 61.7 Å². The molecule has 1 heterocycles. The molecule has 0 spiro atoms. The summed E-state index contributed by atoms with van der Waals surface area (Å²) in [7, 11) is 0. The van der Waals surface area contributed by atoms with Gasteiger partial charge in [-0.3, -0.25) is 0 Å². The Morgan fingerprint density at radius 3 is 2.00 bits per heavy atom. The highest BCUT2D eigenvalue weighted by Gasteiger charge is 2.06. The van der Waals surface area contributed by atoms with Crippen LogP contribution in [0.15, 0.2) is 24.5 Å². The van der Waals surface area contributed by atoms with Crippen molar-refractivity contribution < 1.29 is 21.5 Å². The molecule has 0 saturated heterocycles. The fraction of sp³-hybridized carbons (Fsp3) is 0.615. The van der Waals surface area contributed by atoms with Gasteiger partial charge in [-0.05, 0) is 13.8 Å². The van der Waals surface area contributed by atoms with Gasteiger partial charge >= 0.3 is 0 Å². The minimum atomic E-state index is 0. The van der Waals surface area contributed by atoms with E-state index in [0.717, 1.165) is 19.6 Å². The van der Waals surface area contributed by atoms with Crippen molar-refractivity contribution in [1.29, 1.82) is 0 Å². The van der Waals surface area contributed by atoms with Gasteiger partial charge in [-0.25, -0.2) is 4.57 Å². The highest BCUT2D eigenvalue weighted by atomic mass is 79.9. The molecule has 0 saturated carbocycles. The molecular weight excluding hydrogens is 264 g/mol. The van der Waals surface area contributed by atoms with Gasteiger partial charge in [0.2, 0.25) is 0 Å².